The largest absolute Gasteiger partial charge is 0.465 e. The van der Waals surface area contributed by atoms with E-state index in [-0.39, 0.29) is 23.0 Å². The normalized spacial score (nSPS) is 10.5. The predicted octanol–water partition coefficient (Wildman–Crippen LogP) is 2.95. The molecule has 6 nitrogen and oxygen atoms in total. The molecule has 3 aromatic rings. The van der Waals surface area contributed by atoms with Crippen LogP contribution in [0.15, 0.2) is 70.6 Å². The molecular formula is C19H17N3O3S. The van der Waals surface area contributed by atoms with E-state index in [9.17, 15) is 9.59 Å². The van der Waals surface area contributed by atoms with Crippen LogP contribution in [0, 0.1) is 0 Å². The summed E-state index contributed by atoms with van der Waals surface area (Å²) in [5.41, 5.74) is 1.33. The van der Waals surface area contributed by atoms with Crippen LogP contribution in [0.2, 0.25) is 0 Å². The lowest BCUT2D eigenvalue weighted by Crippen LogP contribution is -2.25. The summed E-state index contributed by atoms with van der Waals surface area (Å²) in [6.45, 7) is 2.06. The quantitative estimate of drug-likeness (QED) is 0.493. The highest BCUT2D eigenvalue weighted by Crippen LogP contribution is 2.20. The summed E-state index contributed by atoms with van der Waals surface area (Å²) < 4.78 is 6.41. The summed E-state index contributed by atoms with van der Waals surface area (Å²) in [6, 6.07) is 18.3. The number of hydrogen-bond acceptors (Lipinski definition) is 6. The van der Waals surface area contributed by atoms with Crippen molar-refractivity contribution >= 4 is 17.7 Å². The Hall–Kier alpha value is -2.93. The lowest BCUT2D eigenvalue weighted by Gasteiger charge is -2.12. The Labute approximate surface area is 154 Å². The Morgan fingerprint density at radius 3 is 2.35 bits per heavy atom. The minimum Gasteiger partial charge on any atom is -0.465 e. The van der Waals surface area contributed by atoms with Crippen LogP contribution in [0.3, 0.4) is 0 Å². The topological polar surface area (TPSA) is 74.1 Å². The second-order valence-electron chi connectivity index (χ2n) is 5.27. The minimum absolute atomic E-state index is 0.0550. The maximum atomic E-state index is 13.1. The molecule has 7 heteroatoms. The summed E-state index contributed by atoms with van der Waals surface area (Å²) in [7, 11) is 0. The maximum absolute atomic E-state index is 13.1. The maximum Gasteiger partial charge on any atom is 0.316 e. The van der Waals surface area contributed by atoms with Crippen molar-refractivity contribution < 1.29 is 9.53 Å². The van der Waals surface area contributed by atoms with E-state index in [4.69, 9.17) is 4.74 Å². The molecule has 0 radical (unpaired) electrons. The van der Waals surface area contributed by atoms with Crippen LogP contribution in [0.1, 0.15) is 6.92 Å². The van der Waals surface area contributed by atoms with Crippen molar-refractivity contribution in [3.8, 4) is 16.9 Å². The van der Waals surface area contributed by atoms with Crippen LogP contribution in [-0.4, -0.2) is 33.1 Å². The average molecular weight is 367 g/mol. The van der Waals surface area contributed by atoms with Gasteiger partial charge in [0.2, 0.25) is 0 Å². The first-order valence-electron chi connectivity index (χ1n) is 8.09. The van der Waals surface area contributed by atoms with Crippen LogP contribution in [0.5, 0.6) is 0 Å². The van der Waals surface area contributed by atoms with Crippen molar-refractivity contribution in [1.29, 1.82) is 0 Å². The van der Waals surface area contributed by atoms with Crippen LogP contribution < -0.4 is 5.56 Å². The Morgan fingerprint density at radius 2 is 1.69 bits per heavy atom. The molecule has 0 N–H and O–H groups in total. The van der Waals surface area contributed by atoms with E-state index in [1.165, 1.54) is 4.57 Å². The third-order valence-corrected chi connectivity index (χ3v) is 4.42. The third kappa shape index (κ3) is 4.00. The Morgan fingerprint density at radius 1 is 1.04 bits per heavy atom. The number of esters is 1. The third-order valence-electron chi connectivity index (χ3n) is 3.52. The fraction of sp³-hybridized carbons (Fsp3) is 0.158. The van der Waals surface area contributed by atoms with Crippen molar-refractivity contribution in [2.75, 3.05) is 12.4 Å². The zero-order chi connectivity index (χ0) is 18.4. The van der Waals surface area contributed by atoms with Gasteiger partial charge in [0.25, 0.3) is 5.56 Å². The summed E-state index contributed by atoms with van der Waals surface area (Å²) in [6.07, 6.45) is 0. The molecule has 0 aliphatic heterocycles. The molecule has 1 aromatic heterocycles. The number of para-hydroxylation sites is 1. The van der Waals surface area contributed by atoms with Crippen LogP contribution in [-0.2, 0) is 9.53 Å². The number of aromatic nitrogens is 3. The molecule has 0 bridgehead atoms. The first-order chi connectivity index (χ1) is 12.7. The van der Waals surface area contributed by atoms with E-state index in [2.05, 4.69) is 10.2 Å². The molecule has 0 amide bonds. The molecule has 0 saturated carbocycles. The fourth-order valence-electron chi connectivity index (χ4n) is 2.37. The van der Waals surface area contributed by atoms with Gasteiger partial charge in [-0.3, -0.25) is 14.2 Å². The highest BCUT2D eigenvalue weighted by Gasteiger charge is 2.16. The van der Waals surface area contributed by atoms with Gasteiger partial charge in [-0.1, -0.05) is 60.3 Å². The second-order valence-corrected chi connectivity index (χ2v) is 6.21. The summed E-state index contributed by atoms with van der Waals surface area (Å²) >= 11 is 1.12. The van der Waals surface area contributed by atoms with Gasteiger partial charge in [-0.15, -0.1) is 10.2 Å². The SMILES string of the molecule is CCOC(=O)CSc1nnc(-c2ccccc2)c(=O)n1-c1ccccc1. The van der Waals surface area contributed by atoms with Gasteiger partial charge in [0, 0.05) is 5.56 Å². The monoisotopic (exact) mass is 367 g/mol. The standard InChI is InChI=1S/C19H17N3O3S/c1-2-25-16(23)13-26-19-21-20-17(14-9-5-3-6-10-14)18(24)22(19)15-11-7-4-8-12-15/h3-12H,2,13H2,1H3. The average Bonchev–Trinajstić information content (AvgIpc) is 2.68. The van der Waals surface area contributed by atoms with E-state index < -0.39 is 0 Å². The Balaban J connectivity index is 2.06. The number of carbonyl (C=O) groups excluding carboxylic acids is 1. The molecule has 0 fully saturated rings. The van der Waals surface area contributed by atoms with Crippen molar-refractivity contribution in [3.05, 3.63) is 71.0 Å². The predicted molar refractivity (Wildman–Crippen MR) is 100 cm³/mol. The summed E-state index contributed by atoms with van der Waals surface area (Å²) in [5, 5.41) is 8.64. The first-order valence-corrected chi connectivity index (χ1v) is 9.08. The summed E-state index contributed by atoms with van der Waals surface area (Å²) in [4.78, 5) is 24.8. The van der Waals surface area contributed by atoms with E-state index in [1.807, 2.05) is 60.7 Å². The molecular weight excluding hydrogens is 350 g/mol. The lowest BCUT2D eigenvalue weighted by atomic mass is 10.2. The zero-order valence-electron chi connectivity index (χ0n) is 14.2. The highest BCUT2D eigenvalue weighted by molar-refractivity contribution is 7.99. The zero-order valence-corrected chi connectivity index (χ0v) is 15.0. The molecule has 0 aliphatic rings. The van der Waals surface area contributed by atoms with Gasteiger partial charge < -0.3 is 4.74 Å². The van der Waals surface area contributed by atoms with Crippen LogP contribution in [0.4, 0.5) is 0 Å². The van der Waals surface area contributed by atoms with Gasteiger partial charge >= 0.3 is 5.97 Å². The van der Waals surface area contributed by atoms with E-state index in [1.54, 1.807) is 6.92 Å². The van der Waals surface area contributed by atoms with Gasteiger partial charge in [-0.05, 0) is 19.1 Å². The minimum atomic E-state index is -0.363. The van der Waals surface area contributed by atoms with Crippen molar-refractivity contribution in [2.24, 2.45) is 0 Å². The highest BCUT2D eigenvalue weighted by atomic mass is 32.2. The first kappa shape index (κ1) is 17.9. The van der Waals surface area contributed by atoms with Crippen molar-refractivity contribution in [2.45, 2.75) is 12.1 Å². The van der Waals surface area contributed by atoms with E-state index in [0.29, 0.717) is 23.0 Å². The molecule has 26 heavy (non-hydrogen) atoms. The number of thioether (sulfide) groups is 1. The number of hydrogen-bond donors (Lipinski definition) is 0. The van der Waals surface area contributed by atoms with Crippen LogP contribution >= 0.6 is 11.8 Å². The van der Waals surface area contributed by atoms with Gasteiger partial charge in [0.05, 0.1) is 18.0 Å². The van der Waals surface area contributed by atoms with Crippen LogP contribution in [0.25, 0.3) is 16.9 Å². The van der Waals surface area contributed by atoms with E-state index in [0.717, 1.165) is 11.8 Å². The summed E-state index contributed by atoms with van der Waals surface area (Å²) in [5.74, 6) is -0.307. The van der Waals surface area contributed by atoms with Crippen molar-refractivity contribution in [1.82, 2.24) is 14.8 Å². The van der Waals surface area contributed by atoms with Gasteiger partial charge in [-0.25, -0.2) is 0 Å². The molecule has 132 valence electrons. The molecule has 0 spiro atoms. The fourth-order valence-corrected chi connectivity index (χ4v) is 3.12. The number of benzene rings is 2. The van der Waals surface area contributed by atoms with Gasteiger partial charge in [0.1, 0.15) is 0 Å². The smallest absolute Gasteiger partial charge is 0.316 e. The molecule has 0 atom stereocenters. The number of ether oxygens (including phenoxy) is 1. The van der Waals surface area contributed by atoms with Gasteiger partial charge in [-0.2, -0.15) is 0 Å². The molecule has 3 rings (SSSR count). The Bertz CT molecular complexity index is 943. The number of carbonyl (C=O) groups is 1. The van der Waals surface area contributed by atoms with E-state index >= 15 is 0 Å². The molecule has 0 aliphatic carbocycles. The van der Waals surface area contributed by atoms with Gasteiger partial charge in [0.15, 0.2) is 10.9 Å². The number of rotatable bonds is 6. The number of nitrogens with zero attached hydrogens (tertiary/aromatic N) is 3. The van der Waals surface area contributed by atoms with Crippen molar-refractivity contribution in [3.63, 3.8) is 0 Å². The second kappa shape index (κ2) is 8.44. The lowest BCUT2D eigenvalue weighted by molar-refractivity contribution is -0.139. The molecule has 2 aromatic carbocycles. The molecule has 0 saturated heterocycles. The molecule has 1 heterocycles. The molecule has 0 unspecified atom stereocenters. The Kier molecular flexibility index (Phi) is 5.80.